The average Bonchev–Trinajstić information content (AvgIpc) is 2.91. The lowest BCUT2D eigenvalue weighted by Crippen LogP contribution is -2.51. The number of aliphatic hydroxyl groups is 1. The number of aliphatic hydroxyl groups excluding tert-OH is 1. The minimum Gasteiger partial charge on any atom is -0.459 e. The van der Waals surface area contributed by atoms with Crippen molar-refractivity contribution >= 4 is 11.8 Å². The number of amides is 2. The van der Waals surface area contributed by atoms with E-state index >= 15 is 0 Å². The largest absolute Gasteiger partial charge is 0.459 e. The Labute approximate surface area is 111 Å². The summed E-state index contributed by atoms with van der Waals surface area (Å²) >= 11 is 0. The molecular weight excluding hydrogens is 248 g/mol. The molecule has 2 amide bonds. The molecule has 2 atom stereocenters. The van der Waals surface area contributed by atoms with Gasteiger partial charge in [0.1, 0.15) is 6.04 Å². The van der Waals surface area contributed by atoms with Crippen molar-refractivity contribution in [3.05, 3.63) is 24.2 Å². The van der Waals surface area contributed by atoms with Crippen molar-refractivity contribution in [2.75, 3.05) is 13.1 Å². The topological polar surface area (TPSA) is 82.8 Å². The molecule has 0 aliphatic carbocycles. The normalized spacial score (nSPS) is 20.9. The Morgan fingerprint density at radius 3 is 3.00 bits per heavy atom. The van der Waals surface area contributed by atoms with Crippen LogP contribution >= 0.6 is 0 Å². The fourth-order valence-electron chi connectivity index (χ4n) is 2.17. The van der Waals surface area contributed by atoms with Gasteiger partial charge in [0.2, 0.25) is 5.91 Å². The molecule has 19 heavy (non-hydrogen) atoms. The molecule has 1 fully saturated rings. The van der Waals surface area contributed by atoms with Crippen LogP contribution in [-0.4, -0.2) is 47.1 Å². The van der Waals surface area contributed by atoms with E-state index in [0.29, 0.717) is 13.1 Å². The molecule has 104 valence electrons. The number of piperidine rings is 1. The van der Waals surface area contributed by atoms with Gasteiger partial charge in [0.05, 0.1) is 12.4 Å². The van der Waals surface area contributed by atoms with E-state index in [1.165, 1.54) is 12.3 Å². The third-order valence-electron chi connectivity index (χ3n) is 3.17. The summed E-state index contributed by atoms with van der Waals surface area (Å²) in [5.41, 5.74) is 0. The highest BCUT2D eigenvalue weighted by Gasteiger charge is 2.27. The number of nitrogens with zero attached hydrogens (tertiary/aromatic N) is 1. The summed E-state index contributed by atoms with van der Waals surface area (Å²) < 4.78 is 4.96. The van der Waals surface area contributed by atoms with Crippen molar-refractivity contribution in [1.82, 2.24) is 10.2 Å². The Kier molecular flexibility index (Phi) is 4.21. The summed E-state index contributed by atoms with van der Waals surface area (Å²) in [6.07, 6.45) is 2.44. The van der Waals surface area contributed by atoms with E-state index in [-0.39, 0.29) is 11.7 Å². The third-order valence-corrected chi connectivity index (χ3v) is 3.17. The first-order chi connectivity index (χ1) is 9.08. The van der Waals surface area contributed by atoms with Crippen molar-refractivity contribution in [3.8, 4) is 0 Å². The second-order valence-corrected chi connectivity index (χ2v) is 4.75. The van der Waals surface area contributed by atoms with Crippen molar-refractivity contribution in [2.45, 2.75) is 31.9 Å². The van der Waals surface area contributed by atoms with Gasteiger partial charge in [-0.15, -0.1) is 0 Å². The Hall–Kier alpha value is -1.82. The standard InChI is InChI=1S/C13H18N2O4/c1-9(14-12(17)11-5-3-7-19-11)13(18)15-6-2-4-10(16)8-15/h3,5,7,9-10,16H,2,4,6,8H2,1H3,(H,14,17). The zero-order valence-corrected chi connectivity index (χ0v) is 10.8. The molecule has 0 saturated carbocycles. The molecular formula is C13H18N2O4. The van der Waals surface area contributed by atoms with Crippen LogP contribution in [0.5, 0.6) is 0 Å². The maximum absolute atomic E-state index is 12.1. The predicted octanol–water partition coefficient (Wildman–Crippen LogP) is 0.381. The Morgan fingerprint density at radius 2 is 2.37 bits per heavy atom. The van der Waals surface area contributed by atoms with Crippen molar-refractivity contribution in [3.63, 3.8) is 0 Å². The molecule has 1 aliphatic rings. The number of hydrogen-bond acceptors (Lipinski definition) is 4. The van der Waals surface area contributed by atoms with Crippen molar-refractivity contribution in [1.29, 1.82) is 0 Å². The van der Waals surface area contributed by atoms with Gasteiger partial charge < -0.3 is 19.7 Å². The fourth-order valence-corrected chi connectivity index (χ4v) is 2.17. The van der Waals surface area contributed by atoms with E-state index in [9.17, 15) is 14.7 Å². The van der Waals surface area contributed by atoms with Crippen LogP contribution in [0.15, 0.2) is 22.8 Å². The third kappa shape index (κ3) is 3.35. The fraction of sp³-hybridized carbons (Fsp3) is 0.538. The number of likely N-dealkylation sites (tertiary alicyclic amines) is 1. The summed E-state index contributed by atoms with van der Waals surface area (Å²) in [4.78, 5) is 25.4. The minimum absolute atomic E-state index is 0.179. The van der Waals surface area contributed by atoms with E-state index < -0.39 is 18.1 Å². The van der Waals surface area contributed by atoms with Crippen LogP contribution in [0.1, 0.15) is 30.3 Å². The number of carbonyl (C=O) groups is 2. The van der Waals surface area contributed by atoms with Gasteiger partial charge in [0.15, 0.2) is 5.76 Å². The molecule has 2 N–H and O–H groups in total. The highest BCUT2D eigenvalue weighted by atomic mass is 16.3. The zero-order chi connectivity index (χ0) is 13.8. The van der Waals surface area contributed by atoms with E-state index in [1.54, 1.807) is 17.9 Å². The molecule has 6 heteroatoms. The average molecular weight is 266 g/mol. The molecule has 0 radical (unpaired) electrons. The summed E-state index contributed by atoms with van der Waals surface area (Å²) in [6, 6.07) is 2.52. The highest BCUT2D eigenvalue weighted by Crippen LogP contribution is 2.11. The lowest BCUT2D eigenvalue weighted by Gasteiger charge is -2.32. The summed E-state index contributed by atoms with van der Waals surface area (Å²) in [7, 11) is 0. The number of hydrogen-bond donors (Lipinski definition) is 2. The summed E-state index contributed by atoms with van der Waals surface area (Å²) in [5.74, 6) is -0.416. The first-order valence-electron chi connectivity index (χ1n) is 6.39. The van der Waals surface area contributed by atoms with Gasteiger partial charge in [-0.2, -0.15) is 0 Å². The van der Waals surface area contributed by atoms with E-state index in [1.807, 2.05) is 0 Å². The molecule has 2 rings (SSSR count). The maximum Gasteiger partial charge on any atom is 0.287 e. The summed E-state index contributed by atoms with van der Waals surface area (Å²) in [6.45, 7) is 2.58. The van der Waals surface area contributed by atoms with Crippen LogP contribution in [0.25, 0.3) is 0 Å². The number of rotatable bonds is 3. The number of β-amino-alcohol motifs (C(OH)–C–C–N with tert-alkyl or cyclic N) is 1. The van der Waals surface area contributed by atoms with Gasteiger partial charge >= 0.3 is 0 Å². The minimum atomic E-state index is -0.636. The van der Waals surface area contributed by atoms with E-state index in [0.717, 1.165) is 12.8 Å². The van der Waals surface area contributed by atoms with Crippen LogP contribution in [0, 0.1) is 0 Å². The molecule has 1 aliphatic heterocycles. The lowest BCUT2D eigenvalue weighted by molar-refractivity contribution is -0.135. The van der Waals surface area contributed by atoms with Gasteiger partial charge in [-0.05, 0) is 31.9 Å². The smallest absolute Gasteiger partial charge is 0.287 e. The predicted molar refractivity (Wildman–Crippen MR) is 67.5 cm³/mol. The number of carbonyl (C=O) groups excluding carboxylic acids is 2. The molecule has 1 saturated heterocycles. The quantitative estimate of drug-likeness (QED) is 0.828. The molecule has 2 heterocycles. The molecule has 0 spiro atoms. The molecule has 6 nitrogen and oxygen atoms in total. The molecule has 0 bridgehead atoms. The Morgan fingerprint density at radius 1 is 1.58 bits per heavy atom. The van der Waals surface area contributed by atoms with E-state index in [2.05, 4.69) is 5.32 Å². The second kappa shape index (κ2) is 5.88. The van der Waals surface area contributed by atoms with Gasteiger partial charge in [-0.1, -0.05) is 0 Å². The SMILES string of the molecule is CC(NC(=O)c1ccco1)C(=O)N1CCCC(O)C1. The van der Waals surface area contributed by atoms with Gasteiger partial charge in [0, 0.05) is 13.1 Å². The maximum atomic E-state index is 12.1. The lowest BCUT2D eigenvalue weighted by atomic mass is 10.1. The van der Waals surface area contributed by atoms with Gasteiger partial charge in [-0.25, -0.2) is 0 Å². The van der Waals surface area contributed by atoms with Crippen LogP contribution < -0.4 is 5.32 Å². The number of nitrogens with one attached hydrogen (secondary N) is 1. The first-order valence-corrected chi connectivity index (χ1v) is 6.39. The Bertz CT molecular complexity index is 444. The van der Waals surface area contributed by atoms with Crippen LogP contribution in [0.3, 0.4) is 0 Å². The van der Waals surface area contributed by atoms with Gasteiger partial charge in [0.25, 0.3) is 5.91 Å². The Balaban J connectivity index is 1.90. The number of furan rings is 1. The molecule has 0 aromatic carbocycles. The van der Waals surface area contributed by atoms with Crippen molar-refractivity contribution < 1.29 is 19.1 Å². The monoisotopic (exact) mass is 266 g/mol. The molecule has 1 aromatic rings. The van der Waals surface area contributed by atoms with E-state index in [4.69, 9.17) is 4.42 Å². The van der Waals surface area contributed by atoms with Crippen LogP contribution in [-0.2, 0) is 4.79 Å². The van der Waals surface area contributed by atoms with Crippen LogP contribution in [0.2, 0.25) is 0 Å². The van der Waals surface area contributed by atoms with Gasteiger partial charge in [-0.3, -0.25) is 9.59 Å². The van der Waals surface area contributed by atoms with Crippen LogP contribution in [0.4, 0.5) is 0 Å². The van der Waals surface area contributed by atoms with Crippen molar-refractivity contribution in [2.24, 2.45) is 0 Å². The first kappa shape index (κ1) is 13.6. The summed E-state index contributed by atoms with van der Waals surface area (Å²) in [5, 5.41) is 12.1. The highest BCUT2D eigenvalue weighted by molar-refractivity contribution is 5.95. The second-order valence-electron chi connectivity index (χ2n) is 4.75. The zero-order valence-electron chi connectivity index (χ0n) is 10.8. The molecule has 2 unspecified atom stereocenters. The molecule has 1 aromatic heterocycles.